The molecule has 0 amide bonds. The molecule has 1 unspecified atom stereocenters. The second-order valence-electron chi connectivity index (χ2n) is 3.73. The average molecular weight is 181 g/mol. The molecule has 0 aromatic heterocycles. The topological polar surface area (TPSA) is 0 Å². The zero-order chi connectivity index (χ0) is 8.72. The van der Waals surface area contributed by atoms with Crippen molar-refractivity contribution in [3.8, 4) is 0 Å². The van der Waals surface area contributed by atoms with Gasteiger partial charge in [0.2, 0.25) is 0 Å². The maximum Gasteiger partial charge on any atom is 0.0417 e. The molecule has 0 bridgehead atoms. The number of alkyl halides is 1. The van der Waals surface area contributed by atoms with Gasteiger partial charge in [0.05, 0.1) is 0 Å². The quantitative estimate of drug-likeness (QED) is 0.539. The van der Waals surface area contributed by atoms with E-state index in [9.17, 15) is 0 Å². The van der Waals surface area contributed by atoms with Crippen LogP contribution in [0.15, 0.2) is 12.1 Å². The molecule has 0 heterocycles. The molecule has 2 rings (SSSR count). The van der Waals surface area contributed by atoms with E-state index >= 15 is 0 Å². The Morgan fingerprint density at radius 2 is 2.00 bits per heavy atom. The molecule has 0 fully saturated rings. The van der Waals surface area contributed by atoms with E-state index in [1.807, 2.05) is 0 Å². The van der Waals surface area contributed by atoms with Gasteiger partial charge in [-0.25, -0.2) is 0 Å². The highest BCUT2D eigenvalue weighted by molar-refractivity contribution is 6.21. The molecule has 0 saturated heterocycles. The molecule has 1 aromatic carbocycles. The summed E-state index contributed by atoms with van der Waals surface area (Å²) in [5.41, 5.74) is 5.72. The number of halogens is 1. The summed E-state index contributed by atoms with van der Waals surface area (Å²) in [6, 6.07) is 4.51. The van der Waals surface area contributed by atoms with Gasteiger partial charge in [0, 0.05) is 5.38 Å². The molecule has 64 valence electrons. The Labute approximate surface area is 78.6 Å². The van der Waals surface area contributed by atoms with E-state index in [2.05, 4.69) is 26.0 Å². The fourth-order valence-corrected chi connectivity index (χ4v) is 2.41. The van der Waals surface area contributed by atoms with Gasteiger partial charge < -0.3 is 0 Å². The van der Waals surface area contributed by atoms with Crippen LogP contribution in [0.2, 0.25) is 0 Å². The lowest BCUT2D eigenvalue weighted by molar-refractivity contribution is 0.920. The van der Waals surface area contributed by atoms with Gasteiger partial charge in [-0.1, -0.05) is 17.7 Å². The second-order valence-corrected chi connectivity index (χ2v) is 4.34. The fourth-order valence-electron chi connectivity index (χ4n) is 2.09. The van der Waals surface area contributed by atoms with Crippen molar-refractivity contribution in [1.29, 1.82) is 0 Å². The molecule has 12 heavy (non-hydrogen) atoms. The van der Waals surface area contributed by atoms with Crippen molar-refractivity contribution in [3.63, 3.8) is 0 Å². The van der Waals surface area contributed by atoms with Crippen molar-refractivity contribution in [2.75, 3.05) is 0 Å². The first-order valence-corrected chi connectivity index (χ1v) is 4.83. The number of hydrogen-bond acceptors (Lipinski definition) is 0. The van der Waals surface area contributed by atoms with Gasteiger partial charge in [-0.15, -0.1) is 11.6 Å². The molecule has 1 aromatic rings. The molecule has 0 nitrogen and oxygen atoms in total. The van der Waals surface area contributed by atoms with E-state index in [-0.39, 0.29) is 0 Å². The maximum absolute atomic E-state index is 6.10. The molecule has 0 spiro atoms. The van der Waals surface area contributed by atoms with Crippen molar-refractivity contribution < 1.29 is 0 Å². The van der Waals surface area contributed by atoms with Crippen LogP contribution in [0.1, 0.15) is 22.3 Å². The molecule has 1 heteroatoms. The second kappa shape index (κ2) is 2.77. The van der Waals surface area contributed by atoms with E-state index in [4.69, 9.17) is 11.6 Å². The smallest absolute Gasteiger partial charge is 0.0417 e. The first kappa shape index (κ1) is 8.12. The summed E-state index contributed by atoms with van der Waals surface area (Å²) in [6.07, 6.45) is 2.11. The van der Waals surface area contributed by atoms with Crippen LogP contribution >= 0.6 is 11.6 Å². The minimum absolute atomic E-state index is 0.334. The number of rotatable bonds is 0. The van der Waals surface area contributed by atoms with Gasteiger partial charge in [-0.2, -0.15) is 0 Å². The molecule has 0 N–H and O–H groups in total. The summed E-state index contributed by atoms with van der Waals surface area (Å²) < 4.78 is 0. The van der Waals surface area contributed by atoms with Gasteiger partial charge in [0.1, 0.15) is 0 Å². The molecule has 1 atom stereocenters. The van der Waals surface area contributed by atoms with E-state index in [0.29, 0.717) is 5.38 Å². The fraction of sp³-hybridized carbons (Fsp3) is 0.455. The van der Waals surface area contributed by atoms with Crippen LogP contribution < -0.4 is 0 Å². The predicted molar refractivity (Wildman–Crippen MR) is 53.0 cm³/mol. The van der Waals surface area contributed by atoms with Crippen molar-refractivity contribution in [2.45, 2.75) is 32.1 Å². The first-order valence-electron chi connectivity index (χ1n) is 4.40. The van der Waals surface area contributed by atoms with E-state index < -0.39 is 0 Å². The average Bonchev–Trinajstić information content (AvgIpc) is 2.29. The minimum Gasteiger partial charge on any atom is -0.122 e. The zero-order valence-electron chi connectivity index (χ0n) is 7.52. The highest BCUT2D eigenvalue weighted by atomic mass is 35.5. The Morgan fingerprint density at radius 3 is 2.75 bits per heavy atom. The van der Waals surface area contributed by atoms with Crippen LogP contribution in [-0.4, -0.2) is 5.38 Å². The van der Waals surface area contributed by atoms with Crippen LogP contribution in [0.4, 0.5) is 0 Å². The van der Waals surface area contributed by atoms with Gasteiger partial charge >= 0.3 is 0 Å². The number of fused-ring (bicyclic) bond motifs is 1. The molecule has 0 saturated carbocycles. The SMILES string of the molecule is Cc1cc(C)c2c(c1)CC(Cl)C2. The highest BCUT2D eigenvalue weighted by Crippen LogP contribution is 2.29. The summed E-state index contributed by atoms with van der Waals surface area (Å²) in [6.45, 7) is 4.33. The van der Waals surface area contributed by atoms with Gasteiger partial charge in [-0.05, 0) is 43.4 Å². The van der Waals surface area contributed by atoms with E-state index in [1.54, 1.807) is 0 Å². The monoisotopic (exact) mass is 180 g/mol. The molecule has 1 aliphatic carbocycles. The van der Waals surface area contributed by atoms with Gasteiger partial charge in [0.15, 0.2) is 0 Å². The standard InChI is InChI=1S/C11H13Cl/c1-7-3-8(2)11-6-10(12)5-9(11)4-7/h3-4,10H,5-6H2,1-2H3. The molecule has 0 radical (unpaired) electrons. The number of aryl methyl sites for hydroxylation is 2. The predicted octanol–water partition coefficient (Wildman–Crippen LogP) is 3.01. The maximum atomic E-state index is 6.10. The van der Waals surface area contributed by atoms with Crippen molar-refractivity contribution in [2.24, 2.45) is 0 Å². The van der Waals surface area contributed by atoms with Gasteiger partial charge in [-0.3, -0.25) is 0 Å². The summed E-state index contributed by atoms with van der Waals surface area (Å²) in [4.78, 5) is 0. The largest absolute Gasteiger partial charge is 0.122 e. The first-order chi connectivity index (χ1) is 5.66. The summed E-state index contributed by atoms with van der Waals surface area (Å²) in [5.74, 6) is 0. The molecular weight excluding hydrogens is 168 g/mol. The lowest BCUT2D eigenvalue weighted by atomic mass is 10.0. The molecule has 0 aliphatic heterocycles. The Morgan fingerprint density at radius 1 is 1.25 bits per heavy atom. The van der Waals surface area contributed by atoms with Crippen molar-refractivity contribution >= 4 is 11.6 Å². The van der Waals surface area contributed by atoms with Crippen LogP contribution in [0.25, 0.3) is 0 Å². The van der Waals surface area contributed by atoms with Crippen molar-refractivity contribution in [3.05, 3.63) is 34.4 Å². The normalized spacial score (nSPS) is 21.1. The van der Waals surface area contributed by atoms with Crippen LogP contribution in [0.5, 0.6) is 0 Å². The lowest BCUT2D eigenvalue weighted by Crippen LogP contribution is -1.94. The third-order valence-electron chi connectivity index (χ3n) is 2.58. The van der Waals surface area contributed by atoms with Gasteiger partial charge in [0.25, 0.3) is 0 Å². The van der Waals surface area contributed by atoms with Crippen LogP contribution in [0.3, 0.4) is 0 Å². The third kappa shape index (κ3) is 1.25. The molecular formula is C11H13Cl. The van der Waals surface area contributed by atoms with Crippen molar-refractivity contribution in [1.82, 2.24) is 0 Å². The van der Waals surface area contributed by atoms with E-state index in [0.717, 1.165) is 12.8 Å². The minimum atomic E-state index is 0.334. The van der Waals surface area contributed by atoms with E-state index in [1.165, 1.54) is 22.3 Å². The third-order valence-corrected chi connectivity index (χ3v) is 2.89. The number of benzene rings is 1. The number of hydrogen-bond donors (Lipinski definition) is 0. The van der Waals surface area contributed by atoms with Crippen LogP contribution in [0, 0.1) is 13.8 Å². The Kier molecular flexibility index (Phi) is 1.88. The van der Waals surface area contributed by atoms with Crippen LogP contribution in [-0.2, 0) is 12.8 Å². The zero-order valence-corrected chi connectivity index (χ0v) is 8.28. The Hall–Kier alpha value is -0.490. The summed E-state index contributed by atoms with van der Waals surface area (Å²) in [7, 11) is 0. The Bertz CT molecular complexity index is 315. The lowest BCUT2D eigenvalue weighted by Gasteiger charge is -2.04. The highest BCUT2D eigenvalue weighted by Gasteiger charge is 2.20. The summed E-state index contributed by atoms with van der Waals surface area (Å²) >= 11 is 6.10. The molecule has 1 aliphatic rings. The summed E-state index contributed by atoms with van der Waals surface area (Å²) in [5, 5.41) is 0.334. The Balaban J connectivity index is 2.52.